The highest BCUT2D eigenvalue weighted by molar-refractivity contribution is 5.83. The van der Waals surface area contributed by atoms with E-state index in [4.69, 9.17) is 10.2 Å². The van der Waals surface area contributed by atoms with Crippen LogP contribution < -0.4 is 0 Å². The fourth-order valence-electron chi connectivity index (χ4n) is 1.95. The molecule has 17 heavy (non-hydrogen) atoms. The number of rotatable bonds is 4. The van der Waals surface area contributed by atoms with Crippen molar-refractivity contribution >= 4 is 12.0 Å². The van der Waals surface area contributed by atoms with Gasteiger partial charge in [0.2, 0.25) is 0 Å². The van der Waals surface area contributed by atoms with Crippen LogP contribution in [0, 0.1) is 0 Å². The van der Waals surface area contributed by atoms with Gasteiger partial charge >= 0.3 is 12.0 Å². The van der Waals surface area contributed by atoms with Gasteiger partial charge in [-0.3, -0.25) is 0 Å². The Morgan fingerprint density at radius 3 is 2.59 bits per heavy atom. The van der Waals surface area contributed by atoms with E-state index in [-0.39, 0.29) is 26.1 Å². The van der Waals surface area contributed by atoms with Crippen LogP contribution in [0.5, 0.6) is 0 Å². The number of aliphatic hydroxyl groups excluding tert-OH is 2. The Hall–Kier alpha value is -1.34. The van der Waals surface area contributed by atoms with Gasteiger partial charge in [0.05, 0.1) is 12.7 Å². The van der Waals surface area contributed by atoms with E-state index >= 15 is 0 Å². The summed E-state index contributed by atoms with van der Waals surface area (Å²) in [5, 5.41) is 27.2. The number of carbonyl (C=O) groups is 2. The van der Waals surface area contributed by atoms with Crippen LogP contribution in [0.15, 0.2) is 0 Å². The summed E-state index contributed by atoms with van der Waals surface area (Å²) in [7, 11) is 0. The predicted octanol–water partition coefficient (Wildman–Crippen LogP) is -1.06. The molecule has 0 aromatic rings. The number of β-amino-alcohol motifs (C(OH)–C–C–N with tert-alkyl or cyclic N) is 1. The summed E-state index contributed by atoms with van der Waals surface area (Å²) < 4.78 is 0. The van der Waals surface area contributed by atoms with Crippen molar-refractivity contribution < 1.29 is 24.9 Å². The molecule has 0 aromatic carbocycles. The molecule has 3 N–H and O–H groups in total. The molecule has 0 saturated carbocycles. The summed E-state index contributed by atoms with van der Waals surface area (Å²) in [6.07, 6.45) is -0.745. The molecule has 1 aliphatic heterocycles. The molecule has 0 bridgehead atoms. The maximum atomic E-state index is 12.0. The van der Waals surface area contributed by atoms with Gasteiger partial charge in [0, 0.05) is 26.1 Å². The largest absolute Gasteiger partial charge is 0.480 e. The second-order valence-corrected chi connectivity index (χ2v) is 3.98. The lowest BCUT2D eigenvalue weighted by atomic mass is 10.2. The van der Waals surface area contributed by atoms with Crippen LogP contribution in [0.1, 0.15) is 13.3 Å². The SMILES string of the molecule is CCN(CCO)C(=O)N1CC(O)CC1C(=O)O. The number of hydrogen-bond acceptors (Lipinski definition) is 4. The maximum Gasteiger partial charge on any atom is 0.326 e. The molecule has 0 radical (unpaired) electrons. The number of carbonyl (C=O) groups excluding carboxylic acids is 1. The molecule has 0 spiro atoms. The quantitative estimate of drug-likeness (QED) is 0.587. The van der Waals surface area contributed by atoms with E-state index < -0.39 is 24.1 Å². The lowest BCUT2D eigenvalue weighted by Gasteiger charge is -2.28. The van der Waals surface area contributed by atoms with Gasteiger partial charge in [-0.25, -0.2) is 9.59 Å². The fraction of sp³-hybridized carbons (Fsp3) is 0.800. The summed E-state index contributed by atoms with van der Waals surface area (Å²) in [5.41, 5.74) is 0. The maximum absolute atomic E-state index is 12.0. The molecule has 98 valence electrons. The zero-order valence-electron chi connectivity index (χ0n) is 9.74. The summed E-state index contributed by atoms with van der Waals surface area (Å²) >= 11 is 0. The first kappa shape index (κ1) is 13.7. The van der Waals surface area contributed by atoms with Crippen molar-refractivity contribution in [2.24, 2.45) is 0 Å². The standard InChI is InChI=1S/C10H18N2O5/c1-2-11(3-4-13)10(17)12-6-7(14)5-8(12)9(15)16/h7-8,13-14H,2-6H2,1H3,(H,15,16). The van der Waals surface area contributed by atoms with Crippen LogP contribution in [0.4, 0.5) is 4.79 Å². The van der Waals surface area contributed by atoms with E-state index in [0.29, 0.717) is 6.54 Å². The molecule has 2 atom stereocenters. The molecular weight excluding hydrogens is 228 g/mol. The highest BCUT2D eigenvalue weighted by Gasteiger charge is 2.40. The van der Waals surface area contributed by atoms with Crippen molar-refractivity contribution in [1.82, 2.24) is 9.80 Å². The topological polar surface area (TPSA) is 101 Å². The third-order valence-electron chi connectivity index (χ3n) is 2.83. The van der Waals surface area contributed by atoms with Crippen molar-refractivity contribution in [3.05, 3.63) is 0 Å². The number of carboxylic acid groups (broad SMARTS) is 1. The number of aliphatic carboxylic acids is 1. The Morgan fingerprint density at radius 2 is 2.12 bits per heavy atom. The van der Waals surface area contributed by atoms with E-state index in [1.165, 1.54) is 4.90 Å². The molecule has 2 amide bonds. The Kier molecular flexibility index (Phi) is 4.71. The summed E-state index contributed by atoms with van der Waals surface area (Å²) in [4.78, 5) is 25.5. The minimum Gasteiger partial charge on any atom is -0.480 e. The van der Waals surface area contributed by atoms with Crippen molar-refractivity contribution in [3.8, 4) is 0 Å². The minimum absolute atomic E-state index is 0.0255. The van der Waals surface area contributed by atoms with Crippen LogP contribution >= 0.6 is 0 Å². The third kappa shape index (κ3) is 3.07. The van der Waals surface area contributed by atoms with Gasteiger partial charge in [-0.15, -0.1) is 0 Å². The zero-order valence-corrected chi connectivity index (χ0v) is 9.74. The number of amides is 2. The number of likely N-dealkylation sites (N-methyl/N-ethyl adjacent to an activating group) is 1. The molecule has 7 nitrogen and oxygen atoms in total. The molecule has 7 heteroatoms. The molecule has 2 unspecified atom stereocenters. The number of likely N-dealkylation sites (tertiary alicyclic amines) is 1. The second kappa shape index (κ2) is 5.83. The van der Waals surface area contributed by atoms with E-state index in [1.54, 1.807) is 6.92 Å². The van der Waals surface area contributed by atoms with Crippen molar-refractivity contribution in [2.45, 2.75) is 25.5 Å². The molecule has 1 aliphatic rings. The van der Waals surface area contributed by atoms with E-state index in [1.807, 2.05) is 0 Å². The monoisotopic (exact) mass is 246 g/mol. The van der Waals surface area contributed by atoms with Crippen molar-refractivity contribution in [3.63, 3.8) is 0 Å². The molecule has 1 heterocycles. The van der Waals surface area contributed by atoms with Gasteiger partial charge in [-0.2, -0.15) is 0 Å². The van der Waals surface area contributed by atoms with Crippen molar-refractivity contribution in [1.29, 1.82) is 0 Å². The second-order valence-electron chi connectivity index (χ2n) is 3.98. The van der Waals surface area contributed by atoms with Crippen LogP contribution in [0.2, 0.25) is 0 Å². The van der Waals surface area contributed by atoms with Crippen molar-refractivity contribution in [2.75, 3.05) is 26.2 Å². The summed E-state index contributed by atoms with van der Waals surface area (Å²) in [6.45, 7) is 2.15. The van der Waals surface area contributed by atoms with Gasteiger partial charge in [0.1, 0.15) is 6.04 Å². The lowest BCUT2D eigenvalue weighted by Crippen LogP contribution is -2.48. The highest BCUT2D eigenvalue weighted by atomic mass is 16.4. The number of urea groups is 1. The minimum atomic E-state index is -1.12. The van der Waals surface area contributed by atoms with Gasteiger partial charge in [-0.05, 0) is 6.92 Å². The smallest absolute Gasteiger partial charge is 0.326 e. The van der Waals surface area contributed by atoms with Crippen LogP contribution in [0.3, 0.4) is 0 Å². The van der Waals surface area contributed by atoms with E-state index in [2.05, 4.69) is 0 Å². The Balaban J connectivity index is 2.75. The first-order valence-electron chi connectivity index (χ1n) is 5.58. The molecule has 1 rings (SSSR count). The third-order valence-corrected chi connectivity index (χ3v) is 2.83. The van der Waals surface area contributed by atoms with Crippen LogP contribution in [-0.2, 0) is 4.79 Å². The first-order chi connectivity index (χ1) is 8.01. The lowest BCUT2D eigenvalue weighted by molar-refractivity contribution is -0.141. The van der Waals surface area contributed by atoms with Gasteiger partial charge in [0.25, 0.3) is 0 Å². The molecule has 0 aliphatic carbocycles. The average molecular weight is 246 g/mol. The van der Waals surface area contributed by atoms with Crippen LogP contribution in [0.25, 0.3) is 0 Å². The molecule has 1 saturated heterocycles. The summed E-state index contributed by atoms with van der Waals surface area (Å²) in [6, 6.07) is -1.43. The average Bonchev–Trinajstić information content (AvgIpc) is 2.67. The highest BCUT2D eigenvalue weighted by Crippen LogP contribution is 2.19. The summed E-state index contributed by atoms with van der Waals surface area (Å²) in [5.74, 6) is -1.12. The normalized spacial score (nSPS) is 23.8. The predicted molar refractivity (Wildman–Crippen MR) is 58.5 cm³/mol. The van der Waals surface area contributed by atoms with Crippen LogP contribution in [-0.4, -0.2) is 75.5 Å². The fourth-order valence-corrected chi connectivity index (χ4v) is 1.95. The Bertz CT molecular complexity index is 296. The molecular formula is C10H18N2O5. The number of carboxylic acids is 1. The number of hydrogen-bond donors (Lipinski definition) is 3. The van der Waals surface area contributed by atoms with E-state index in [0.717, 1.165) is 4.90 Å². The Morgan fingerprint density at radius 1 is 1.47 bits per heavy atom. The van der Waals surface area contributed by atoms with Gasteiger partial charge in [-0.1, -0.05) is 0 Å². The van der Waals surface area contributed by atoms with E-state index in [9.17, 15) is 14.7 Å². The number of nitrogens with zero attached hydrogens (tertiary/aromatic N) is 2. The molecule has 0 aromatic heterocycles. The Labute approximate surface area is 99.2 Å². The zero-order chi connectivity index (χ0) is 13.0. The molecule has 1 fully saturated rings. The number of aliphatic hydroxyl groups is 2. The first-order valence-corrected chi connectivity index (χ1v) is 5.58. The van der Waals surface area contributed by atoms with Gasteiger partial charge in [0.15, 0.2) is 0 Å². The van der Waals surface area contributed by atoms with Gasteiger partial charge < -0.3 is 25.1 Å².